The van der Waals surface area contributed by atoms with Crippen LogP contribution in [0.2, 0.25) is 0 Å². The second-order valence-corrected chi connectivity index (χ2v) is 12.9. The van der Waals surface area contributed by atoms with Crippen molar-refractivity contribution in [2.24, 2.45) is 21.6 Å². The number of aldehydes is 1. The molecule has 0 aromatic carbocycles. The molecule has 0 amide bonds. The molecule has 0 bridgehead atoms. The van der Waals surface area contributed by atoms with E-state index in [4.69, 9.17) is 33.9 Å². The van der Waals surface area contributed by atoms with E-state index in [0.717, 1.165) is 45.3 Å². The molecular formula is C48H104N4O9S3. The largest absolute Gasteiger partial charge is 0.481 e. The number of aliphatic hydroxyl groups excluding tert-OH is 1. The molecule has 0 aromatic rings. The monoisotopic (exact) mass is 977 g/mol. The van der Waals surface area contributed by atoms with E-state index in [1.165, 1.54) is 58.5 Å². The summed E-state index contributed by atoms with van der Waals surface area (Å²) in [6.45, 7) is 42.4. The van der Waals surface area contributed by atoms with E-state index in [9.17, 15) is 8.42 Å². The van der Waals surface area contributed by atoms with Crippen molar-refractivity contribution in [3.8, 4) is 12.3 Å². The summed E-state index contributed by atoms with van der Waals surface area (Å²) in [5.41, 5.74) is 5.67. The number of carboxylic acids is 1. The third-order valence-electron chi connectivity index (χ3n) is 3.61. The van der Waals surface area contributed by atoms with E-state index in [0.29, 0.717) is 12.4 Å². The van der Waals surface area contributed by atoms with Gasteiger partial charge in [0.1, 0.15) is 6.29 Å². The number of aliphatic carboxylic acids is 1. The van der Waals surface area contributed by atoms with Gasteiger partial charge in [-0.1, -0.05) is 95.6 Å². The number of nitrogens with two attached hydrogens (primary N) is 1. The standard InChI is InChI=1S/C6H12.C5H12.C5H10.2C4H8.C3H7N.C3H6O.C3H6.C3H4.C2H3NO.C2H3NS.C2H4O2.C2H4O.CH5N.CH4O3S.CH4O.CH4S/c1-3-5-6-4-2;1-4-5(2)3;1-3-5-4-2;1-4(2)3;1-3-4-2;2*1-3-2-4-3;2*1-3-2;2*1-3-2-4;1-2(3)4;1-2-3;1-2;1-5(2,3)4;2*1-2/h3,5H,4,6H2,1-2H3;5H,4H2,1-3H3;3,5H,4H2,1-2H3;1H2,2-3H3;3-4H,1-2H3;3-4H,2H2,1H3;3H,2H2,1H3;3H,1H2,2H3;1H,2H3;2*1H3;1H3,(H,3,4);2H,1H3;2H2,1H3;1H3,(H,2,3,4);2*2H,1H3. The number of carbonyl (C=O) groups excluding carboxylic acids is 2. The van der Waals surface area contributed by atoms with Gasteiger partial charge >= 0.3 is 0 Å². The van der Waals surface area contributed by atoms with Crippen molar-refractivity contribution < 1.29 is 42.3 Å². The Labute approximate surface area is 409 Å². The highest BCUT2D eigenvalue weighted by molar-refractivity contribution is 7.85. The zero-order valence-electron chi connectivity index (χ0n) is 45.1. The van der Waals surface area contributed by atoms with Gasteiger partial charge in [-0.3, -0.25) is 9.35 Å². The number of ether oxygens (including phenoxy) is 1. The lowest BCUT2D eigenvalue weighted by atomic mass is 10.2. The van der Waals surface area contributed by atoms with Gasteiger partial charge in [-0.05, 0) is 120 Å². The van der Waals surface area contributed by atoms with Crippen molar-refractivity contribution >= 4 is 58.5 Å². The molecule has 2 fully saturated rings. The molecule has 16 heteroatoms. The molecule has 0 spiro atoms. The lowest BCUT2D eigenvalue weighted by Crippen LogP contribution is -1.88. The number of hydrogen-bond donors (Lipinski definition) is 6. The Kier molecular flexibility index (Phi) is 222. The smallest absolute Gasteiger partial charge is 0.300 e. The van der Waals surface area contributed by atoms with Crippen molar-refractivity contribution in [2.75, 3.05) is 53.9 Å². The number of isocyanates is 1. The predicted octanol–water partition coefficient (Wildman–Crippen LogP) is 12.0. The van der Waals surface area contributed by atoms with E-state index in [1.54, 1.807) is 26.3 Å². The molecule has 0 aliphatic carbocycles. The number of aliphatic imine (C=N–C) groups is 2. The van der Waals surface area contributed by atoms with Crippen LogP contribution in [-0.4, -0.2) is 113 Å². The van der Waals surface area contributed by atoms with Gasteiger partial charge in [-0.2, -0.15) is 21.0 Å². The molecular weight excluding hydrogens is 873 g/mol. The molecule has 64 heavy (non-hydrogen) atoms. The zero-order chi connectivity index (χ0) is 55.2. The number of thiol groups is 1. The van der Waals surface area contributed by atoms with E-state index >= 15 is 0 Å². The van der Waals surface area contributed by atoms with E-state index < -0.39 is 16.1 Å². The highest BCUT2D eigenvalue weighted by Crippen LogP contribution is 2.04. The molecule has 2 aliphatic rings. The average molecular weight is 978 g/mol. The predicted molar refractivity (Wildman–Crippen MR) is 295 cm³/mol. The number of aliphatic hydroxyl groups is 1. The Morgan fingerprint density at radius 2 is 1.16 bits per heavy atom. The van der Waals surface area contributed by atoms with Crippen molar-refractivity contribution in [3.63, 3.8) is 0 Å². The number of carboxylic acid groups (broad SMARTS) is 1. The Bertz CT molecular complexity index is 1040. The number of isothiocyanates is 1. The van der Waals surface area contributed by atoms with Crippen molar-refractivity contribution in [1.29, 1.82) is 0 Å². The van der Waals surface area contributed by atoms with Gasteiger partial charge in [0.05, 0.1) is 24.1 Å². The first kappa shape index (κ1) is 104. The number of thiocarbonyl (C=S) groups is 1. The van der Waals surface area contributed by atoms with Gasteiger partial charge in [-0.15, -0.1) is 25.5 Å². The zero-order valence-corrected chi connectivity index (χ0v) is 47.6. The summed E-state index contributed by atoms with van der Waals surface area (Å²) in [5, 5.41) is 19.7. The SMILES string of the molecule is C#CC.C=C(C)C.C=CC.CC(=O)O.CC1CN1.CC1CO1.CC=CC.CC=CCC.CC=CCCC.CC=O.CCC(C)C.CN.CN=C=O.CN=C=S.CO.CS.CS(=O)(=O)O. The average Bonchev–Trinajstić information content (AvgIpc) is 4.20. The topological polar surface area (TPSA) is 231 Å². The molecule has 0 saturated carbocycles. The molecule has 2 rings (SSSR count). The number of carbonyl (C=O) groups is 2. The van der Waals surface area contributed by atoms with Gasteiger partial charge in [-0.25, -0.2) is 14.8 Å². The molecule has 2 aliphatic heterocycles. The number of epoxide rings is 1. The highest BCUT2D eigenvalue weighted by atomic mass is 32.2. The third-order valence-corrected chi connectivity index (χ3v) is 3.79. The molecule has 388 valence electrons. The summed E-state index contributed by atoms with van der Waals surface area (Å²) in [6.07, 6.45) is 28.8. The minimum absolute atomic E-state index is 0.583. The molecule has 2 unspecified atom stereocenters. The van der Waals surface area contributed by atoms with E-state index in [2.05, 4.69) is 156 Å². The van der Waals surface area contributed by atoms with Crippen LogP contribution < -0.4 is 11.1 Å². The molecule has 6 N–H and O–H groups in total. The molecule has 13 nitrogen and oxygen atoms in total. The first-order valence-electron chi connectivity index (χ1n) is 20.5. The maximum absolute atomic E-state index is 9.19. The molecule has 2 saturated heterocycles. The molecule has 0 aromatic heterocycles. The number of nitrogens with zero attached hydrogens (tertiary/aromatic N) is 2. The van der Waals surface area contributed by atoms with Crippen LogP contribution in [0.5, 0.6) is 0 Å². The van der Waals surface area contributed by atoms with Crippen molar-refractivity contribution in [1.82, 2.24) is 5.32 Å². The summed E-state index contributed by atoms with van der Waals surface area (Å²) in [7, 11) is 1.81. The summed E-state index contributed by atoms with van der Waals surface area (Å²) in [5.74, 6) is 2.30. The van der Waals surface area contributed by atoms with Gasteiger partial charge in [0.15, 0.2) is 0 Å². The van der Waals surface area contributed by atoms with Crippen LogP contribution >= 0.6 is 24.8 Å². The fourth-order valence-corrected chi connectivity index (χ4v) is 0.783. The Balaban J connectivity index is -0.0000000309. The number of terminal acetylenes is 1. The van der Waals surface area contributed by atoms with Crippen LogP contribution in [0, 0.1) is 18.3 Å². The number of rotatable bonds is 4. The molecule has 0 radical (unpaired) electrons. The first-order chi connectivity index (χ1) is 29.8. The first-order valence-corrected chi connectivity index (χ1v) is 23.6. The van der Waals surface area contributed by atoms with Gasteiger partial charge in [0, 0.05) is 40.7 Å². The van der Waals surface area contributed by atoms with Gasteiger partial charge in [0.25, 0.3) is 16.1 Å². The minimum atomic E-state index is -3.67. The van der Waals surface area contributed by atoms with Gasteiger partial charge < -0.3 is 30.8 Å². The minimum Gasteiger partial charge on any atom is -0.481 e. The van der Waals surface area contributed by atoms with Crippen LogP contribution in [-0.2, 0) is 29.2 Å². The van der Waals surface area contributed by atoms with E-state index in [-0.39, 0.29) is 0 Å². The van der Waals surface area contributed by atoms with Crippen molar-refractivity contribution in [3.05, 3.63) is 61.3 Å². The lowest BCUT2D eigenvalue weighted by Gasteiger charge is -1.90. The van der Waals surface area contributed by atoms with Crippen LogP contribution in [0.15, 0.2) is 71.2 Å². The van der Waals surface area contributed by atoms with Crippen LogP contribution in [0.1, 0.15) is 143 Å². The highest BCUT2D eigenvalue weighted by Gasteiger charge is 2.13. The number of hydrogen-bond acceptors (Lipinski definition) is 13. The normalized spacial score (nSPS) is 11.1. The molecule has 2 atom stereocenters. The summed E-state index contributed by atoms with van der Waals surface area (Å²) in [6, 6.07) is 0.833. The van der Waals surface area contributed by atoms with Crippen LogP contribution in [0.3, 0.4) is 0 Å². The maximum Gasteiger partial charge on any atom is 0.300 e. The number of allylic oxidation sites excluding steroid dienone is 8. The maximum atomic E-state index is 9.19. The fraction of sp³-hybridized carbons (Fsp3) is 0.667. The van der Waals surface area contributed by atoms with Crippen LogP contribution in [0.25, 0.3) is 0 Å². The lowest BCUT2D eigenvalue weighted by molar-refractivity contribution is -0.134. The Hall–Kier alpha value is -3.32. The summed E-state index contributed by atoms with van der Waals surface area (Å²) >= 11 is 7.66. The van der Waals surface area contributed by atoms with Crippen LogP contribution in [0.4, 0.5) is 0 Å². The Morgan fingerprint density at radius 1 is 0.969 bits per heavy atom. The quantitative estimate of drug-likeness (QED) is 0.0178. The second-order valence-electron chi connectivity index (χ2n) is 11.3. The number of nitrogens with one attached hydrogen (secondary N) is 1. The fourth-order valence-electron chi connectivity index (χ4n) is 0.783. The van der Waals surface area contributed by atoms with Crippen molar-refractivity contribution in [2.45, 2.75) is 156 Å². The summed E-state index contributed by atoms with van der Waals surface area (Å²) < 4.78 is 30.6. The van der Waals surface area contributed by atoms with Gasteiger partial charge in [0.2, 0.25) is 6.08 Å². The number of unbranched alkanes of at least 4 members (excludes halogenated alkanes) is 1. The molecule has 2 heterocycles. The van der Waals surface area contributed by atoms with E-state index in [1.807, 2.05) is 53.7 Å². The summed E-state index contributed by atoms with van der Waals surface area (Å²) in [4.78, 5) is 32.9. The third kappa shape index (κ3) is 1210. The second kappa shape index (κ2) is 137. The Morgan fingerprint density at radius 3 is 1.17 bits per heavy atom.